The quantitative estimate of drug-likeness (QED) is 0.0173. The lowest BCUT2D eigenvalue weighted by Gasteiger charge is -2.42. The van der Waals surface area contributed by atoms with E-state index in [1.54, 1.807) is 0 Å². The third kappa shape index (κ3) is 29.3. The number of esters is 2. The number of unbranched alkanes of at least 4 members (excludes halogenated alkanes) is 25. The van der Waals surface area contributed by atoms with Crippen molar-refractivity contribution in [3.63, 3.8) is 0 Å². The van der Waals surface area contributed by atoms with Crippen LogP contribution in [0, 0.1) is 0 Å². The average Bonchev–Trinajstić information content (AvgIpc) is 3.34. The molecule has 0 aromatic heterocycles. The number of hydrogen-bond acceptors (Lipinski definition) is 15. The molecule has 15 heteroatoms. The predicted molar refractivity (Wildman–Crippen MR) is 266 cm³/mol. The molecule has 2 saturated heterocycles. The maximum Gasteiger partial charge on any atom is 0.306 e. The van der Waals surface area contributed by atoms with Crippen LogP contribution in [0.25, 0.3) is 0 Å². The largest absolute Gasteiger partial charge is 0.462 e. The van der Waals surface area contributed by atoms with E-state index >= 15 is 0 Å². The fraction of sp³-hybridized carbons (Fsp3) is 0.889. The molecule has 0 amide bonds. The molecule has 404 valence electrons. The van der Waals surface area contributed by atoms with E-state index in [1.807, 2.05) is 0 Å². The molecule has 0 aromatic carbocycles. The molecular formula is C54H98O15. The minimum atomic E-state index is -1.76. The van der Waals surface area contributed by atoms with Gasteiger partial charge in [-0.25, -0.2) is 0 Å². The van der Waals surface area contributed by atoms with Crippen molar-refractivity contribution in [3.8, 4) is 0 Å². The van der Waals surface area contributed by atoms with Gasteiger partial charge >= 0.3 is 11.9 Å². The number of ether oxygens (including phenoxy) is 6. The Bertz CT molecular complexity index is 1300. The standard InChI is InChI=1S/C54H98O15/c1-3-5-7-9-11-13-15-17-19-20-21-22-23-25-27-29-31-33-35-37-46(57)67-42(39-64-45(56)36-34-32-30-28-26-24-18-16-14-12-10-8-6-4-2)40-65-53-52(63)50(61)48(59)44(69-53)41-66-54-51(62)49(60)47(58)43(38-55)68-54/h11,13,17,19,42-44,47-55,58-63H,3-10,12,14-16,18,20-41H2,1-2H3/b13-11+,19-17+/t42-,43+,44+,47-,48-,49?,50?,51?,52?,53+,54+/m1/s1. The number of aliphatic hydroxyl groups is 7. The lowest BCUT2D eigenvalue weighted by atomic mass is 9.98. The molecule has 15 nitrogen and oxygen atoms in total. The van der Waals surface area contributed by atoms with Crippen molar-refractivity contribution >= 4 is 11.9 Å². The van der Waals surface area contributed by atoms with Crippen LogP contribution in [0.4, 0.5) is 0 Å². The van der Waals surface area contributed by atoms with Crippen molar-refractivity contribution < 1.29 is 73.8 Å². The van der Waals surface area contributed by atoms with Gasteiger partial charge in [-0.3, -0.25) is 9.59 Å². The summed E-state index contributed by atoms with van der Waals surface area (Å²) in [5.41, 5.74) is 0. The fourth-order valence-electron chi connectivity index (χ4n) is 8.66. The third-order valence-corrected chi connectivity index (χ3v) is 13.2. The van der Waals surface area contributed by atoms with E-state index in [9.17, 15) is 45.3 Å². The number of rotatable bonds is 43. The molecule has 2 aliphatic rings. The van der Waals surface area contributed by atoms with E-state index in [1.165, 1.54) is 116 Å². The second-order valence-electron chi connectivity index (χ2n) is 19.4. The van der Waals surface area contributed by atoms with Gasteiger partial charge < -0.3 is 64.2 Å². The van der Waals surface area contributed by atoms with E-state index in [0.29, 0.717) is 12.8 Å². The van der Waals surface area contributed by atoms with Crippen LogP contribution < -0.4 is 0 Å². The molecule has 4 unspecified atom stereocenters. The van der Waals surface area contributed by atoms with E-state index in [-0.39, 0.29) is 26.1 Å². The van der Waals surface area contributed by atoms with Crippen LogP contribution in [-0.4, -0.2) is 142 Å². The van der Waals surface area contributed by atoms with Crippen LogP contribution in [0.1, 0.15) is 213 Å². The third-order valence-electron chi connectivity index (χ3n) is 13.2. The first-order valence-corrected chi connectivity index (χ1v) is 27.4. The summed E-state index contributed by atoms with van der Waals surface area (Å²) in [5, 5.41) is 72.2. The van der Waals surface area contributed by atoms with Crippen molar-refractivity contribution in [2.75, 3.05) is 26.4 Å². The summed E-state index contributed by atoms with van der Waals surface area (Å²) in [7, 11) is 0. The average molecular weight is 987 g/mol. The van der Waals surface area contributed by atoms with Crippen molar-refractivity contribution in [2.24, 2.45) is 0 Å². The molecule has 2 aliphatic heterocycles. The number of carbonyl (C=O) groups is 2. The number of allylic oxidation sites excluding steroid dienone is 4. The van der Waals surface area contributed by atoms with Gasteiger partial charge in [-0.05, 0) is 44.9 Å². The second-order valence-corrected chi connectivity index (χ2v) is 19.4. The summed E-state index contributed by atoms with van der Waals surface area (Å²) in [6, 6.07) is 0. The first kappa shape index (κ1) is 63.1. The molecule has 2 heterocycles. The maximum atomic E-state index is 13.0. The van der Waals surface area contributed by atoms with Crippen LogP contribution in [0.3, 0.4) is 0 Å². The van der Waals surface area contributed by atoms with Gasteiger partial charge in [0.2, 0.25) is 0 Å². The zero-order chi connectivity index (χ0) is 50.3. The van der Waals surface area contributed by atoms with Crippen molar-refractivity contribution in [2.45, 2.75) is 280 Å². The monoisotopic (exact) mass is 987 g/mol. The van der Waals surface area contributed by atoms with Gasteiger partial charge in [-0.1, -0.05) is 179 Å². The molecule has 69 heavy (non-hydrogen) atoms. The van der Waals surface area contributed by atoms with Gasteiger partial charge in [0.25, 0.3) is 0 Å². The van der Waals surface area contributed by atoms with Gasteiger partial charge in [0.15, 0.2) is 18.7 Å². The molecule has 0 saturated carbocycles. The van der Waals surface area contributed by atoms with Gasteiger partial charge in [-0.2, -0.15) is 0 Å². The molecular weight excluding hydrogens is 889 g/mol. The Balaban J connectivity index is 1.78. The minimum Gasteiger partial charge on any atom is -0.462 e. The molecule has 0 bridgehead atoms. The Morgan fingerprint density at radius 2 is 0.870 bits per heavy atom. The number of carbonyl (C=O) groups excluding carboxylic acids is 2. The van der Waals surface area contributed by atoms with Crippen LogP contribution in [-0.2, 0) is 38.0 Å². The molecule has 0 aromatic rings. The van der Waals surface area contributed by atoms with Gasteiger partial charge in [0, 0.05) is 12.8 Å². The Kier molecular flexibility index (Phi) is 37.9. The summed E-state index contributed by atoms with van der Waals surface area (Å²) in [4.78, 5) is 25.8. The van der Waals surface area contributed by atoms with Gasteiger partial charge in [-0.15, -0.1) is 0 Å². The van der Waals surface area contributed by atoms with Crippen LogP contribution in [0.15, 0.2) is 24.3 Å². The lowest BCUT2D eigenvalue weighted by Crippen LogP contribution is -2.61. The maximum absolute atomic E-state index is 13.0. The minimum absolute atomic E-state index is 0.163. The van der Waals surface area contributed by atoms with Crippen LogP contribution in [0.5, 0.6) is 0 Å². The summed E-state index contributed by atoms with van der Waals surface area (Å²) >= 11 is 0. The first-order valence-electron chi connectivity index (χ1n) is 27.4. The Morgan fingerprint density at radius 1 is 0.464 bits per heavy atom. The summed E-state index contributed by atoms with van der Waals surface area (Å²) < 4.78 is 33.6. The van der Waals surface area contributed by atoms with Gasteiger partial charge in [0.1, 0.15) is 55.4 Å². The predicted octanol–water partition coefficient (Wildman–Crippen LogP) is 8.33. The van der Waals surface area contributed by atoms with E-state index < -0.39 is 92.7 Å². The Morgan fingerprint density at radius 3 is 1.38 bits per heavy atom. The molecule has 2 rings (SSSR count). The van der Waals surface area contributed by atoms with Gasteiger partial charge in [0.05, 0.1) is 19.8 Å². The molecule has 11 atom stereocenters. The molecule has 0 spiro atoms. The number of aliphatic hydroxyl groups excluding tert-OH is 7. The number of hydrogen-bond donors (Lipinski definition) is 7. The summed E-state index contributed by atoms with van der Waals surface area (Å²) in [5.74, 6) is -0.920. The highest BCUT2D eigenvalue weighted by atomic mass is 16.7. The normalized spacial score (nSPS) is 25.7. The molecule has 0 aliphatic carbocycles. The smallest absolute Gasteiger partial charge is 0.306 e. The van der Waals surface area contributed by atoms with E-state index in [2.05, 4.69) is 38.2 Å². The molecule has 0 radical (unpaired) electrons. The highest BCUT2D eigenvalue weighted by Crippen LogP contribution is 2.27. The van der Waals surface area contributed by atoms with E-state index in [0.717, 1.165) is 57.8 Å². The van der Waals surface area contributed by atoms with Crippen LogP contribution >= 0.6 is 0 Å². The topological polar surface area (TPSA) is 231 Å². The SMILES string of the molecule is CCCCC/C=C/C/C=C/CCCCCCCCCCCC(=O)O[C@H](COC(=O)CCCCCCCCCCCCCCCC)CO[C@H]1O[C@@H](CO[C@H]2O[C@@H](CO)[C@@H](O)C(O)C2O)[C@@H](O)C(O)C1O. The molecule has 2 fully saturated rings. The Labute approximate surface area is 415 Å². The first-order chi connectivity index (χ1) is 33.5. The van der Waals surface area contributed by atoms with Crippen LogP contribution in [0.2, 0.25) is 0 Å². The fourth-order valence-corrected chi connectivity index (χ4v) is 8.66. The summed E-state index contributed by atoms with van der Waals surface area (Å²) in [6.45, 7) is 2.59. The van der Waals surface area contributed by atoms with Crippen molar-refractivity contribution in [3.05, 3.63) is 24.3 Å². The summed E-state index contributed by atoms with van der Waals surface area (Å²) in [6.07, 6.45) is 26.2. The molecule has 7 N–H and O–H groups in total. The second kappa shape index (κ2) is 41.5. The van der Waals surface area contributed by atoms with E-state index in [4.69, 9.17) is 28.4 Å². The van der Waals surface area contributed by atoms with Crippen molar-refractivity contribution in [1.82, 2.24) is 0 Å². The Hall–Kier alpha value is -2.02. The zero-order valence-corrected chi connectivity index (χ0v) is 42.8. The lowest BCUT2D eigenvalue weighted by molar-refractivity contribution is -0.332. The zero-order valence-electron chi connectivity index (χ0n) is 42.8. The van der Waals surface area contributed by atoms with Crippen molar-refractivity contribution in [1.29, 1.82) is 0 Å². The highest BCUT2D eigenvalue weighted by molar-refractivity contribution is 5.70. The highest BCUT2D eigenvalue weighted by Gasteiger charge is 2.47.